The van der Waals surface area contributed by atoms with Crippen molar-refractivity contribution in [2.45, 2.75) is 56.7 Å². The van der Waals surface area contributed by atoms with Crippen LogP contribution in [0.4, 0.5) is 4.79 Å². The highest BCUT2D eigenvalue weighted by molar-refractivity contribution is 5.74. The van der Waals surface area contributed by atoms with Gasteiger partial charge in [-0.3, -0.25) is 4.90 Å². The monoisotopic (exact) mass is 437 g/mol. The van der Waals surface area contributed by atoms with Crippen molar-refractivity contribution in [2.75, 3.05) is 27.3 Å². The van der Waals surface area contributed by atoms with Crippen molar-refractivity contribution in [3.05, 3.63) is 59.7 Å². The highest BCUT2D eigenvalue weighted by Gasteiger charge is 2.51. The molecule has 6 heteroatoms. The number of nitrogens with zero attached hydrogens (tertiary/aromatic N) is 1. The Morgan fingerprint density at radius 1 is 1.09 bits per heavy atom. The van der Waals surface area contributed by atoms with Crippen molar-refractivity contribution in [2.24, 2.45) is 0 Å². The third kappa shape index (κ3) is 4.42. The van der Waals surface area contributed by atoms with Crippen LogP contribution in [0.2, 0.25) is 0 Å². The number of carbonyl (C=O) groups excluding carboxylic acids is 1. The molecule has 0 radical (unpaired) electrons. The first kappa shape index (κ1) is 22.5. The minimum absolute atomic E-state index is 0.0493. The van der Waals surface area contributed by atoms with Crippen molar-refractivity contribution in [1.29, 1.82) is 0 Å². The Morgan fingerprint density at radius 3 is 2.59 bits per heavy atom. The summed E-state index contributed by atoms with van der Waals surface area (Å²) in [6, 6.07) is 17.5. The van der Waals surface area contributed by atoms with Gasteiger partial charge in [-0.2, -0.15) is 0 Å². The normalized spacial score (nSPS) is 25.1. The molecule has 3 atom stereocenters. The van der Waals surface area contributed by atoms with Crippen LogP contribution in [0.3, 0.4) is 0 Å². The molecular formula is C26H35N3O3. The van der Waals surface area contributed by atoms with E-state index in [9.17, 15) is 4.79 Å². The maximum atomic E-state index is 12.2. The van der Waals surface area contributed by atoms with E-state index in [1.165, 1.54) is 11.1 Å². The molecule has 1 saturated carbocycles. The number of carbonyl (C=O) groups is 1. The van der Waals surface area contributed by atoms with E-state index >= 15 is 0 Å². The fourth-order valence-electron chi connectivity index (χ4n) is 5.66. The first-order chi connectivity index (χ1) is 15.6. The molecule has 0 bridgehead atoms. The average Bonchev–Trinajstić information content (AvgIpc) is 3.18. The zero-order chi connectivity index (χ0) is 22.6. The van der Waals surface area contributed by atoms with Crippen molar-refractivity contribution in [1.82, 2.24) is 15.5 Å². The molecule has 2 fully saturated rings. The van der Waals surface area contributed by atoms with Crippen molar-refractivity contribution in [3.63, 3.8) is 0 Å². The molecule has 0 unspecified atom stereocenters. The SMILES string of the molecule is CCNC(=O)N[C@@H]1CC[C@@]2(c3ccc(OC)c(OC)c3)CCN(Cc3ccccc3)[C@@H]2C1. The van der Waals surface area contributed by atoms with Gasteiger partial charge in [-0.15, -0.1) is 0 Å². The van der Waals surface area contributed by atoms with Gasteiger partial charge in [-0.1, -0.05) is 36.4 Å². The summed E-state index contributed by atoms with van der Waals surface area (Å²) in [5, 5.41) is 6.08. The van der Waals surface area contributed by atoms with E-state index in [-0.39, 0.29) is 17.5 Å². The molecule has 1 saturated heterocycles. The second kappa shape index (κ2) is 9.82. The standard InChI is InChI=1S/C26H35N3O3/c1-4-27-25(30)28-21-12-13-26(20-10-11-22(31-2)23(16-20)32-3)14-15-29(24(26)17-21)18-19-8-6-5-7-9-19/h5-11,16,21,24H,4,12-15,17-18H2,1-3H3,(H2,27,28,30)/t21-,24-,26+/m1/s1. The number of amides is 2. The molecular weight excluding hydrogens is 402 g/mol. The average molecular weight is 438 g/mol. The van der Waals surface area contributed by atoms with Gasteiger partial charge in [0.2, 0.25) is 0 Å². The number of fused-ring (bicyclic) bond motifs is 1. The van der Waals surface area contributed by atoms with Crippen LogP contribution in [-0.2, 0) is 12.0 Å². The van der Waals surface area contributed by atoms with Crippen molar-refractivity contribution in [3.8, 4) is 11.5 Å². The van der Waals surface area contributed by atoms with Crippen LogP contribution in [0.5, 0.6) is 11.5 Å². The van der Waals surface area contributed by atoms with Crippen molar-refractivity contribution < 1.29 is 14.3 Å². The van der Waals surface area contributed by atoms with Crippen LogP contribution in [0.15, 0.2) is 48.5 Å². The summed E-state index contributed by atoms with van der Waals surface area (Å²) in [5.41, 5.74) is 2.69. The number of ether oxygens (including phenoxy) is 2. The molecule has 172 valence electrons. The predicted octanol–water partition coefficient (Wildman–Crippen LogP) is 4.09. The number of nitrogens with one attached hydrogen (secondary N) is 2. The van der Waals surface area contributed by atoms with Crippen LogP contribution in [-0.4, -0.2) is 50.3 Å². The largest absolute Gasteiger partial charge is 0.493 e. The topological polar surface area (TPSA) is 62.8 Å². The lowest BCUT2D eigenvalue weighted by atomic mass is 9.65. The van der Waals surface area contributed by atoms with Crippen LogP contribution in [0.25, 0.3) is 0 Å². The molecule has 4 rings (SSSR count). The van der Waals surface area contributed by atoms with E-state index in [4.69, 9.17) is 9.47 Å². The number of hydrogen-bond donors (Lipinski definition) is 2. The predicted molar refractivity (Wildman–Crippen MR) is 126 cm³/mol. The molecule has 2 aromatic carbocycles. The van der Waals surface area contributed by atoms with Gasteiger partial charge in [0.15, 0.2) is 11.5 Å². The molecule has 0 spiro atoms. The smallest absolute Gasteiger partial charge is 0.314 e. The number of hydrogen-bond acceptors (Lipinski definition) is 4. The Hall–Kier alpha value is -2.73. The molecule has 1 heterocycles. The first-order valence-electron chi connectivity index (χ1n) is 11.6. The number of likely N-dealkylation sites (tertiary alicyclic amines) is 1. The summed E-state index contributed by atoms with van der Waals surface area (Å²) < 4.78 is 11.1. The lowest BCUT2D eigenvalue weighted by Gasteiger charge is -2.45. The number of methoxy groups -OCH3 is 2. The highest BCUT2D eigenvalue weighted by Crippen LogP contribution is 2.50. The second-order valence-electron chi connectivity index (χ2n) is 8.92. The molecule has 0 aromatic heterocycles. The fourth-order valence-corrected chi connectivity index (χ4v) is 5.66. The summed E-state index contributed by atoms with van der Waals surface area (Å²) in [6.45, 7) is 4.55. The van der Waals surface area contributed by atoms with E-state index in [1.54, 1.807) is 14.2 Å². The molecule has 2 aromatic rings. The summed E-state index contributed by atoms with van der Waals surface area (Å²) in [5.74, 6) is 1.54. The Balaban J connectivity index is 1.63. The maximum Gasteiger partial charge on any atom is 0.314 e. The van der Waals surface area contributed by atoms with Gasteiger partial charge in [0.05, 0.1) is 14.2 Å². The summed E-state index contributed by atoms with van der Waals surface area (Å²) in [7, 11) is 3.37. The quantitative estimate of drug-likeness (QED) is 0.685. The van der Waals surface area contributed by atoms with Gasteiger partial charge in [0, 0.05) is 30.6 Å². The fraction of sp³-hybridized carbons (Fsp3) is 0.500. The van der Waals surface area contributed by atoms with E-state index < -0.39 is 0 Å². The Kier molecular flexibility index (Phi) is 6.89. The third-order valence-corrected chi connectivity index (χ3v) is 7.23. The minimum atomic E-state index is -0.0660. The van der Waals surface area contributed by atoms with E-state index in [1.807, 2.05) is 13.0 Å². The van der Waals surface area contributed by atoms with Crippen LogP contribution in [0, 0.1) is 0 Å². The second-order valence-corrected chi connectivity index (χ2v) is 8.92. The molecule has 2 amide bonds. The highest BCUT2D eigenvalue weighted by atomic mass is 16.5. The van der Waals surface area contributed by atoms with Gasteiger partial charge in [-0.05, 0) is 62.4 Å². The van der Waals surface area contributed by atoms with E-state index in [0.29, 0.717) is 12.6 Å². The maximum absolute atomic E-state index is 12.2. The zero-order valence-electron chi connectivity index (χ0n) is 19.4. The zero-order valence-corrected chi connectivity index (χ0v) is 19.4. The molecule has 1 aliphatic heterocycles. The molecule has 1 aliphatic carbocycles. The molecule has 2 aliphatic rings. The summed E-state index contributed by atoms with van der Waals surface area (Å²) in [6.07, 6.45) is 4.06. The van der Waals surface area contributed by atoms with Crippen LogP contribution < -0.4 is 20.1 Å². The lowest BCUT2D eigenvalue weighted by Crippen LogP contribution is -2.53. The van der Waals surface area contributed by atoms with Crippen LogP contribution in [0.1, 0.15) is 43.7 Å². The van der Waals surface area contributed by atoms with Gasteiger partial charge >= 0.3 is 6.03 Å². The van der Waals surface area contributed by atoms with Gasteiger partial charge in [0.25, 0.3) is 0 Å². The van der Waals surface area contributed by atoms with Crippen LogP contribution >= 0.6 is 0 Å². The molecule has 32 heavy (non-hydrogen) atoms. The molecule has 6 nitrogen and oxygen atoms in total. The number of benzene rings is 2. The Labute approximate surface area is 191 Å². The summed E-state index contributed by atoms with van der Waals surface area (Å²) >= 11 is 0. The Bertz CT molecular complexity index is 920. The summed E-state index contributed by atoms with van der Waals surface area (Å²) in [4.78, 5) is 14.8. The number of rotatable bonds is 7. The Morgan fingerprint density at radius 2 is 1.88 bits per heavy atom. The van der Waals surface area contributed by atoms with Gasteiger partial charge in [0.1, 0.15) is 0 Å². The lowest BCUT2D eigenvalue weighted by molar-refractivity contribution is 0.130. The molecule has 2 N–H and O–H groups in total. The van der Waals surface area contributed by atoms with Gasteiger partial charge < -0.3 is 20.1 Å². The minimum Gasteiger partial charge on any atom is -0.493 e. The van der Waals surface area contributed by atoms with Crippen molar-refractivity contribution >= 4 is 6.03 Å². The van der Waals surface area contributed by atoms with Gasteiger partial charge in [-0.25, -0.2) is 4.79 Å². The van der Waals surface area contributed by atoms with E-state index in [2.05, 4.69) is 58.0 Å². The van der Waals surface area contributed by atoms with E-state index in [0.717, 1.165) is 50.3 Å². The first-order valence-corrected chi connectivity index (χ1v) is 11.6. The number of urea groups is 1. The third-order valence-electron chi connectivity index (χ3n) is 7.23.